The highest BCUT2D eigenvalue weighted by atomic mass is 32.2. The summed E-state index contributed by atoms with van der Waals surface area (Å²) < 4.78 is 27.0. The maximum Gasteiger partial charge on any atom is 0.239 e. The van der Waals surface area contributed by atoms with Gasteiger partial charge in [-0.25, -0.2) is 13.1 Å². The molecule has 0 aromatic rings. The van der Waals surface area contributed by atoms with Gasteiger partial charge in [-0.2, -0.15) is 0 Å². The van der Waals surface area contributed by atoms with Crippen LogP contribution in [-0.2, 0) is 14.8 Å². The number of sulfonamides is 1. The van der Waals surface area contributed by atoms with E-state index in [1.807, 2.05) is 6.92 Å². The van der Waals surface area contributed by atoms with Crippen molar-refractivity contribution in [3.63, 3.8) is 0 Å². The summed E-state index contributed by atoms with van der Waals surface area (Å²) in [6.07, 6.45) is 3.85. The molecule has 0 aromatic carbocycles. The molecular formula is C14H27N3O3S. The molecule has 0 spiro atoms. The van der Waals surface area contributed by atoms with Gasteiger partial charge in [0.05, 0.1) is 0 Å². The van der Waals surface area contributed by atoms with Gasteiger partial charge in [-0.3, -0.25) is 4.79 Å². The summed E-state index contributed by atoms with van der Waals surface area (Å²) in [5, 5.41) is 3.24. The van der Waals surface area contributed by atoms with Crippen molar-refractivity contribution in [2.75, 3.05) is 25.4 Å². The van der Waals surface area contributed by atoms with E-state index in [0.717, 1.165) is 32.2 Å². The minimum Gasteiger partial charge on any atom is -0.339 e. The van der Waals surface area contributed by atoms with Crippen LogP contribution in [0.15, 0.2) is 0 Å². The number of piperazine rings is 1. The Morgan fingerprint density at radius 2 is 1.90 bits per heavy atom. The number of hydrogen-bond acceptors (Lipinski definition) is 4. The van der Waals surface area contributed by atoms with Gasteiger partial charge in [-0.1, -0.05) is 6.92 Å². The van der Waals surface area contributed by atoms with Crippen LogP contribution in [0.1, 0.15) is 39.5 Å². The van der Waals surface area contributed by atoms with Crippen LogP contribution in [0.2, 0.25) is 0 Å². The summed E-state index contributed by atoms with van der Waals surface area (Å²) in [6.45, 7) is 6.07. The number of amides is 1. The SMILES string of the molecule is CC1CCC(NS(=O)(=O)CC(=O)N2CCNC(C)C2)CC1. The second kappa shape index (κ2) is 7.07. The lowest BCUT2D eigenvalue weighted by atomic mass is 9.88. The maximum atomic E-state index is 12.1. The molecule has 2 N–H and O–H groups in total. The normalized spacial score (nSPS) is 31.1. The molecule has 1 aliphatic heterocycles. The van der Waals surface area contributed by atoms with Crippen LogP contribution in [0.25, 0.3) is 0 Å². The monoisotopic (exact) mass is 317 g/mol. The molecule has 0 radical (unpaired) electrons. The number of hydrogen-bond donors (Lipinski definition) is 2. The van der Waals surface area contributed by atoms with Crippen molar-refractivity contribution in [1.82, 2.24) is 14.9 Å². The quantitative estimate of drug-likeness (QED) is 0.782. The lowest BCUT2D eigenvalue weighted by Gasteiger charge is -2.32. The predicted octanol–water partition coefficient (Wildman–Crippen LogP) is 0.305. The fraction of sp³-hybridized carbons (Fsp3) is 0.929. The minimum atomic E-state index is -3.53. The molecular weight excluding hydrogens is 290 g/mol. The summed E-state index contributed by atoms with van der Waals surface area (Å²) in [5.41, 5.74) is 0. The van der Waals surface area contributed by atoms with Crippen molar-refractivity contribution >= 4 is 15.9 Å². The van der Waals surface area contributed by atoms with Gasteiger partial charge in [-0.15, -0.1) is 0 Å². The van der Waals surface area contributed by atoms with Crippen molar-refractivity contribution in [1.29, 1.82) is 0 Å². The molecule has 2 aliphatic rings. The predicted molar refractivity (Wildman–Crippen MR) is 82.4 cm³/mol. The molecule has 1 heterocycles. The van der Waals surface area contributed by atoms with Gasteiger partial charge in [0.15, 0.2) is 0 Å². The zero-order valence-electron chi connectivity index (χ0n) is 13.0. The van der Waals surface area contributed by atoms with Crippen LogP contribution >= 0.6 is 0 Å². The Labute approximate surface area is 127 Å². The van der Waals surface area contributed by atoms with E-state index in [2.05, 4.69) is 17.0 Å². The van der Waals surface area contributed by atoms with Gasteiger partial charge >= 0.3 is 0 Å². The van der Waals surface area contributed by atoms with Crippen LogP contribution in [0, 0.1) is 5.92 Å². The molecule has 0 bridgehead atoms. The van der Waals surface area contributed by atoms with Crippen LogP contribution in [0.3, 0.4) is 0 Å². The van der Waals surface area contributed by atoms with Crippen LogP contribution in [-0.4, -0.2) is 56.7 Å². The zero-order chi connectivity index (χ0) is 15.5. The Morgan fingerprint density at radius 3 is 2.52 bits per heavy atom. The van der Waals surface area contributed by atoms with Crippen LogP contribution in [0.4, 0.5) is 0 Å². The van der Waals surface area contributed by atoms with Crippen LogP contribution in [0.5, 0.6) is 0 Å². The molecule has 2 rings (SSSR count). The first-order valence-electron chi connectivity index (χ1n) is 7.87. The first-order valence-corrected chi connectivity index (χ1v) is 9.52. The van der Waals surface area contributed by atoms with E-state index in [0.29, 0.717) is 19.0 Å². The highest BCUT2D eigenvalue weighted by Crippen LogP contribution is 2.23. The summed E-state index contributed by atoms with van der Waals surface area (Å²) >= 11 is 0. The molecule has 0 aromatic heterocycles. The number of nitrogens with zero attached hydrogens (tertiary/aromatic N) is 1. The number of carbonyl (C=O) groups is 1. The molecule has 1 unspecified atom stereocenters. The number of nitrogens with one attached hydrogen (secondary N) is 2. The molecule has 6 nitrogen and oxygen atoms in total. The second-order valence-corrected chi connectivity index (χ2v) is 8.28. The van der Waals surface area contributed by atoms with Crippen LogP contribution < -0.4 is 10.0 Å². The summed E-state index contributed by atoms with van der Waals surface area (Å²) in [6, 6.07) is 0.221. The first-order chi connectivity index (χ1) is 9.85. The Morgan fingerprint density at radius 1 is 1.24 bits per heavy atom. The van der Waals surface area contributed by atoms with E-state index < -0.39 is 15.8 Å². The summed E-state index contributed by atoms with van der Waals surface area (Å²) in [5.74, 6) is -0.0408. The number of carbonyl (C=O) groups excluding carboxylic acids is 1. The van der Waals surface area contributed by atoms with Crippen molar-refractivity contribution in [2.45, 2.75) is 51.6 Å². The third kappa shape index (κ3) is 5.23. The third-order valence-corrected chi connectivity index (χ3v) is 5.72. The molecule has 122 valence electrons. The average molecular weight is 317 g/mol. The average Bonchev–Trinajstić information content (AvgIpc) is 2.40. The van der Waals surface area contributed by atoms with E-state index in [1.54, 1.807) is 4.90 Å². The highest BCUT2D eigenvalue weighted by Gasteiger charge is 2.28. The molecule has 1 saturated carbocycles. The van der Waals surface area contributed by atoms with E-state index in [-0.39, 0.29) is 18.0 Å². The Kier molecular flexibility index (Phi) is 5.62. The largest absolute Gasteiger partial charge is 0.339 e. The summed E-state index contributed by atoms with van der Waals surface area (Å²) in [7, 11) is -3.53. The van der Waals surface area contributed by atoms with E-state index >= 15 is 0 Å². The molecule has 2 fully saturated rings. The Hall–Kier alpha value is -0.660. The molecule has 7 heteroatoms. The molecule has 1 aliphatic carbocycles. The van der Waals surface area contributed by atoms with Gasteiger partial charge in [0.25, 0.3) is 0 Å². The van der Waals surface area contributed by atoms with Crippen molar-refractivity contribution < 1.29 is 13.2 Å². The van der Waals surface area contributed by atoms with Gasteiger partial charge in [0, 0.05) is 31.7 Å². The van der Waals surface area contributed by atoms with Crippen molar-refractivity contribution in [3.8, 4) is 0 Å². The molecule has 21 heavy (non-hydrogen) atoms. The fourth-order valence-electron chi connectivity index (χ4n) is 3.09. The number of rotatable bonds is 4. The van der Waals surface area contributed by atoms with E-state index in [1.165, 1.54) is 0 Å². The molecule has 1 saturated heterocycles. The van der Waals surface area contributed by atoms with E-state index in [9.17, 15) is 13.2 Å². The zero-order valence-corrected chi connectivity index (χ0v) is 13.8. The second-order valence-electron chi connectivity index (χ2n) is 6.53. The lowest BCUT2D eigenvalue weighted by molar-refractivity contribution is -0.129. The van der Waals surface area contributed by atoms with Gasteiger partial charge in [0.2, 0.25) is 15.9 Å². The van der Waals surface area contributed by atoms with Gasteiger partial charge in [0.1, 0.15) is 5.75 Å². The smallest absolute Gasteiger partial charge is 0.239 e. The standard InChI is InChI=1S/C14H27N3O3S/c1-11-3-5-13(6-4-11)16-21(19,20)10-14(18)17-8-7-15-12(2)9-17/h11-13,15-16H,3-10H2,1-2H3. The van der Waals surface area contributed by atoms with Crippen molar-refractivity contribution in [3.05, 3.63) is 0 Å². The molecule has 1 amide bonds. The van der Waals surface area contributed by atoms with Gasteiger partial charge < -0.3 is 10.2 Å². The third-order valence-electron chi connectivity index (χ3n) is 4.40. The Bertz CT molecular complexity index is 458. The maximum absolute atomic E-state index is 12.1. The highest BCUT2D eigenvalue weighted by molar-refractivity contribution is 7.90. The minimum absolute atomic E-state index is 0.000876. The topological polar surface area (TPSA) is 78.5 Å². The Balaban J connectivity index is 1.84. The van der Waals surface area contributed by atoms with E-state index in [4.69, 9.17) is 0 Å². The lowest BCUT2D eigenvalue weighted by Crippen LogP contribution is -2.53. The van der Waals surface area contributed by atoms with Gasteiger partial charge in [-0.05, 0) is 38.5 Å². The molecule has 1 atom stereocenters. The summed E-state index contributed by atoms with van der Waals surface area (Å²) in [4.78, 5) is 13.8. The van der Waals surface area contributed by atoms with Crippen molar-refractivity contribution in [2.24, 2.45) is 5.92 Å². The fourth-order valence-corrected chi connectivity index (χ4v) is 4.42. The first kappa shape index (κ1) is 16.7.